The second-order valence-corrected chi connectivity index (χ2v) is 10.9. The molecule has 6 heteroatoms. The Morgan fingerprint density at radius 2 is 1.23 bits per heavy atom. The van der Waals surface area contributed by atoms with Crippen LogP contribution >= 0.6 is 0 Å². The standard InChI is InChI=1S/C29H27NO4Si/c31-30(32)24-29(26-17-7-2-8-18-26)34-35(27-19-9-3-10-20-27,28-21-11-4-12-22-28)33-23-13-16-25-14-5-1-6-15-25/h1-22,29H,23-24H2/b16-13+. The van der Waals surface area contributed by atoms with Crippen molar-refractivity contribution < 1.29 is 13.8 Å². The second kappa shape index (κ2) is 12.0. The molecule has 4 aromatic rings. The predicted octanol–water partition coefficient (Wildman–Crippen LogP) is 5.01. The molecule has 0 aromatic heterocycles. The molecule has 0 aliphatic rings. The van der Waals surface area contributed by atoms with Gasteiger partial charge in [-0.2, -0.15) is 0 Å². The van der Waals surface area contributed by atoms with Crippen LogP contribution in [-0.2, 0) is 8.85 Å². The lowest BCUT2D eigenvalue weighted by Gasteiger charge is -2.34. The van der Waals surface area contributed by atoms with Gasteiger partial charge in [0.05, 0.1) is 6.61 Å². The Balaban J connectivity index is 1.76. The van der Waals surface area contributed by atoms with E-state index >= 15 is 0 Å². The van der Waals surface area contributed by atoms with E-state index in [1.165, 1.54) is 0 Å². The van der Waals surface area contributed by atoms with Crippen molar-refractivity contribution >= 4 is 25.0 Å². The molecule has 0 heterocycles. The quantitative estimate of drug-likeness (QED) is 0.172. The molecule has 0 aliphatic carbocycles. The highest BCUT2D eigenvalue weighted by atomic mass is 28.4. The summed E-state index contributed by atoms with van der Waals surface area (Å²) in [7, 11) is -3.35. The Morgan fingerprint density at radius 1 is 0.743 bits per heavy atom. The van der Waals surface area contributed by atoms with Crippen LogP contribution in [0.1, 0.15) is 17.2 Å². The first kappa shape index (κ1) is 24.3. The van der Waals surface area contributed by atoms with E-state index in [0.29, 0.717) is 6.61 Å². The van der Waals surface area contributed by atoms with Gasteiger partial charge in [0.25, 0.3) is 0 Å². The van der Waals surface area contributed by atoms with E-state index < -0.39 is 14.7 Å². The third-order valence-corrected chi connectivity index (χ3v) is 8.97. The van der Waals surface area contributed by atoms with Gasteiger partial charge in [-0.25, -0.2) is 0 Å². The van der Waals surface area contributed by atoms with E-state index in [-0.39, 0.29) is 11.5 Å². The second-order valence-electron chi connectivity index (χ2n) is 8.01. The van der Waals surface area contributed by atoms with Gasteiger partial charge < -0.3 is 8.85 Å². The molecule has 4 aromatic carbocycles. The van der Waals surface area contributed by atoms with Crippen molar-refractivity contribution in [3.63, 3.8) is 0 Å². The molecule has 0 saturated carbocycles. The zero-order valence-electron chi connectivity index (χ0n) is 19.3. The van der Waals surface area contributed by atoms with Gasteiger partial charge in [0.2, 0.25) is 6.54 Å². The Hall–Kier alpha value is -3.84. The van der Waals surface area contributed by atoms with Crippen LogP contribution in [0.25, 0.3) is 6.08 Å². The number of nitrogens with zero attached hydrogens (tertiary/aromatic N) is 1. The lowest BCUT2D eigenvalue weighted by atomic mass is 10.1. The largest absolute Gasteiger partial charge is 0.408 e. The first-order valence-electron chi connectivity index (χ1n) is 11.5. The molecular weight excluding hydrogens is 454 g/mol. The molecule has 0 aliphatic heterocycles. The lowest BCUT2D eigenvalue weighted by molar-refractivity contribution is -0.490. The molecule has 0 radical (unpaired) electrons. The summed E-state index contributed by atoms with van der Waals surface area (Å²) in [4.78, 5) is 11.3. The van der Waals surface area contributed by atoms with Crippen molar-refractivity contribution in [3.8, 4) is 0 Å². The Labute approximate surface area is 206 Å². The van der Waals surface area contributed by atoms with Crippen LogP contribution in [0.5, 0.6) is 0 Å². The zero-order chi connectivity index (χ0) is 24.3. The molecular formula is C29H27NO4Si. The highest BCUT2D eigenvalue weighted by molar-refractivity contribution is 6.92. The summed E-state index contributed by atoms with van der Waals surface area (Å²) < 4.78 is 13.5. The fraction of sp³-hybridized carbons (Fsp3) is 0.103. The number of nitro groups is 1. The summed E-state index contributed by atoms with van der Waals surface area (Å²) in [5.41, 5.74) is 1.82. The minimum atomic E-state index is -3.35. The summed E-state index contributed by atoms with van der Waals surface area (Å²) in [6.45, 7) is -0.0630. The van der Waals surface area contributed by atoms with Crippen molar-refractivity contribution in [2.45, 2.75) is 6.10 Å². The third-order valence-electron chi connectivity index (χ3n) is 5.59. The maximum absolute atomic E-state index is 11.6. The number of hydrogen-bond donors (Lipinski definition) is 0. The van der Waals surface area contributed by atoms with E-state index in [1.807, 2.05) is 133 Å². The minimum absolute atomic E-state index is 0.297. The number of hydrogen-bond acceptors (Lipinski definition) is 4. The molecule has 0 N–H and O–H groups in total. The normalized spacial score (nSPS) is 12.5. The average molecular weight is 482 g/mol. The fourth-order valence-corrected chi connectivity index (χ4v) is 7.16. The molecule has 5 nitrogen and oxygen atoms in total. The van der Waals surface area contributed by atoms with Gasteiger partial charge in [0, 0.05) is 4.92 Å². The maximum Gasteiger partial charge on any atom is 0.408 e. The van der Waals surface area contributed by atoms with Crippen molar-refractivity contribution in [2.75, 3.05) is 13.2 Å². The van der Waals surface area contributed by atoms with Crippen LogP contribution in [-0.4, -0.2) is 26.6 Å². The summed E-state index contributed by atoms with van der Waals surface area (Å²) in [6.07, 6.45) is 3.19. The van der Waals surface area contributed by atoms with Gasteiger partial charge >= 0.3 is 8.56 Å². The summed E-state index contributed by atoms with van der Waals surface area (Å²) >= 11 is 0. The monoisotopic (exact) mass is 481 g/mol. The summed E-state index contributed by atoms with van der Waals surface area (Å²) in [5, 5.41) is 13.4. The van der Waals surface area contributed by atoms with Gasteiger partial charge in [0.1, 0.15) is 6.10 Å². The number of rotatable bonds is 11. The molecule has 176 valence electrons. The number of benzene rings is 4. The van der Waals surface area contributed by atoms with E-state index in [1.54, 1.807) is 0 Å². The smallest absolute Gasteiger partial charge is 0.384 e. The molecule has 0 amide bonds. The van der Waals surface area contributed by atoms with Crippen molar-refractivity contribution in [3.05, 3.63) is 149 Å². The highest BCUT2D eigenvalue weighted by Crippen LogP contribution is 2.24. The minimum Gasteiger partial charge on any atom is -0.384 e. The van der Waals surface area contributed by atoms with Gasteiger partial charge in [-0.15, -0.1) is 0 Å². The van der Waals surface area contributed by atoms with E-state index in [0.717, 1.165) is 21.5 Å². The van der Waals surface area contributed by atoms with Gasteiger partial charge in [0.15, 0.2) is 0 Å². The van der Waals surface area contributed by atoms with Crippen LogP contribution in [0.2, 0.25) is 0 Å². The highest BCUT2D eigenvalue weighted by Gasteiger charge is 2.45. The first-order valence-corrected chi connectivity index (χ1v) is 13.3. The SMILES string of the molecule is O=[N+]([O-])CC(O[Si](OC/C=C/c1ccccc1)(c1ccccc1)c1ccccc1)c1ccccc1. The van der Waals surface area contributed by atoms with Gasteiger partial charge in [-0.1, -0.05) is 133 Å². The lowest BCUT2D eigenvalue weighted by Crippen LogP contribution is -2.64. The van der Waals surface area contributed by atoms with Crippen molar-refractivity contribution in [1.29, 1.82) is 0 Å². The molecule has 1 unspecified atom stereocenters. The Bertz CT molecular complexity index is 1180. The van der Waals surface area contributed by atoms with E-state index in [9.17, 15) is 10.1 Å². The maximum atomic E-state index is 11.6. The van der Waals surface area contributed by atoms with Crippen LogP contribution in [0.4, 0.5) is 0 Å². The zero-order valence-corrected chi connectivity index (χ0v) is 20.3. The first-order chi connectivity index (χ1) is 17.2. The van der Waals surface area contributed by atoms with Crippen molar-refractivity contribution in [2.24, 2.45) is 0 Å². The van der Waals surface area contributed by atoms with Crippen LogP contribution in [0.15, 0.2) is 127 Å². The molecule has 35 heavy (non-hydrogen) atoms. The van der Waals surface area contributed by atoms with Gasteiger partial charge in [-0.05, 0) is 21.5 Å². The molecule has 0 fully saturated rings. The Kier molecular flexibility index (Phi) is 8.35. The molecule has 1 atom stereocenters. The fourth-order valence-electron chi connectivity index (χ4n) is 3.95. The molecule has 4 rings (SSSR count). The predicted molar refractivity (Wildman–Crippen MR) is 141 cm³/mol. The van der Waals surface area contributed by atoms with Crippen LogP contribution in [0, 0.1) is 10.1 Å². The molecule has 0 bridgehead atoms. The van der Waals surface area contributed by atoms with Crippen molar-refractivity contribution in [1.82, 2.24) is 0 Å². The van der Waals surface area contributed by atoms with Gasteiger partial charge in [-0.3, -0.25) is 10.1 Å². The summed E-state index contributed by atoms with van der Waals surface area (Å²) in [6, 6.07) is 38.9. The van der Waals surface area contributed by atoms with E-state index in [4.69, 9.17) is 8.85 Å². The average Bonchev–Trinajstić information content (AvgIpc) is 2.92. The van der Waals surface area contributed by atoms with Crippen LogP contribution in [0.3, 0.4) is 0 Å². The van der Waals surface area contributed by atoms with E-state index in [2.05, 4.69) is 0 Å². The topological polar surface area (TPSA) is 61.6 Å². The van der Waals surface area contributed by atoms with Crippen LogP contribution < -0.4 is 10.4 Å². The third kappa shape index (κ3) is 6.39. The molecule has 0 saturated heterocycles. The summed E-state index contributed by atoms with van der Waals surface area (Å²) in [5.74, 6) is 0. The Morgan fingerprint density at radius 3 is 1.74 bits per heavy atom. The molecule has 0 spiro atoms.